The lowest BCUT2D eigenvalue weighted by Crippen LogP contribution is -2.49. The van der Waals surface area contributed by atoms with Crippen LogP contribution in [0.1, 0.15) is 99.0 Å². The lowest BCUT2D eigenvalue weighted by molar-refractivity contribution is -0.169. The van der Waals surface area contributed by atoms with Crippen molar-refractivity contribution < 1.29 is 38.1 Å². The number of aromatic nitrogens is 1. The molecule has 1 aliphatic carbocycles. The van der Waals surface area contributed by atoms with Gasteiger partial charge in [0.1, 0.15) is 11.0 Å². The maximum atomic E-state index is 13.9. The number of methoxy groups -OCH3 is 2. The van der Waals surface area contributed by atoms with Crippen LogP contribution < -0.4 is 14.4 Å². The Balaban J connectivity index is 1.55. The number of esters is 2. The number of alkyl halides is 2. The van der Waals surface area contributed by atoms with Crippen molar-refractivity contribution in [2.24, 2.45) is 23.7 Å². The lowest BCUT2D eigenvalue weighted by Gasteiger charge is -2.38. The van der Waals surface area contributed by atoms with Gasteiger partial charge < -0.3 is 28.6 Å². The molecule has 10 nitrogen and oxygen atoms in total. The number of pyridine rings is 1. The third kappa shape index (κ3) is 12.2. The van der Waals surface area contributed by atoms with Crippen LogP contribution in [0.4, 0.5) is 5.69 Å². The van der Waals surface area contributed by atoms with E-state index in [0.29, 0.717) is 46.0 Å². The molecule has 2 unspecified atom stereocenters. The number of anilines is 1. The average molecular weight is 1090 g/mol. The van der Waals surface area contributed by atoms with Gasteiger partial charge in [-0.3, -0.25) is 19.4 Å². The summed E-state index contributed by atoms with van der Waals surface area (Å²) in [6.45, 7) is 14.2. The highest BCUT2D eigenvalue weighted by Crippen LogP contribution is 2.49. The summed E-state index contributed by atoms with van der Waals surface area (Å²) in [5.74, 6) is -0.465. The Morgan fingerprint density at radius 3 is 2.34 bits per heavy atom. The van der Waals surface area contributed by atoms with E-state index >= 15 is 0 Å². The fourth-order valence-corrected chi connectivity index (χ4v) is 11.5. The van der Waals surface area contributed by atoms with E-state index < -0.39 is 38.7 Å². The number of nitrogens with zero attached hydrogens (tertiary/aromatic N) is 2. The molecular formula is C43H60Cl2I2N2O8S. The molecule has 0 radical (unpaired) electrons. The highest BCUT2D eigenvalue weighted by atomic mass is 127. The molecule has 0 N–H and O–H groups in total. The monoisotopic (exact) mass is 1090 g/mol. The van der Waals surface area contributed by atoms with Gasteiger partial charge in [-0.15, -0.1) is 11.8 Å². The molecule has 4 rings (SSSR count). The summed E-state index contributed by atoms with van der Waals surface area (Å²) < 4.78 is 29.4. The van der Waals surface area contributed by atoms with Crippen molar-refractivity contribution in [1.29, 1.82) is 0 Å². The van der Waals surface area contributed by atoms with Crippen molar-refractivity contribution in [2.75, 3.05) is 31.4 Å². The average Bonchev–Trinajstić information content (AvgIpc) is 3.79. The summed E-state index contributed by atoms with van der Waals surface area (Å²) in [5, 5.41) is 0.195. The number of hydrogen-bond acceptors (Lipinski definition) is 11. The molecular weight excluding hydrogens is 1030 g/mol. The normalized spacial score (nSPS) is 23.3. The Morgan fingerprint density at radius 2 is 1.76 bits per heavy atom. The number of rotatable bonds is 22. The first kappa shape index (κ1) is 49.4. The number of cyclic esters (lactones) is 1. The second-order valence-corrected chi connectivity index (χ2v) is 20.9. The molecule has 9 atom stereocenters. The van der Waals surface area contributed by atoms with Gasteiger partial charge in [0.15, 0.2) is 21.2 Å². The van der Waals surface area contributed by atoms with Crippen LogP contribution in [0.3, 0.4) is 0 Å². The number of benzene rings is 1. The standard InChI is InChI=1S/C43H60Cl2I2N2O8S/c1-10-17-42(6,54-9)21-25(2)37(46)27(4)39(51)56-41(47)43(7)36(26(3)28(5)50)38(40(52)57-43)58-19-18-49(24-31-32(44)22-48-23-33(31)45)29-15-16-34(53-8)35(20-29)55-30-13-11-12-14-30/h15-16,20,22-23,25-27,30,36-38,41H,10-14,17-19,21,24H2,1-9H3/t25-,26+,27-,36+,37?,38?,41+,42-,43+/m1/s1. The van der Waals surface area contributed by atoms with Crippen molar-refractivity contribution in [3.05, 3.63) is 46.2 Å². The number of thioether (sulfide) groups is 1. The van der Waals surface area contributed by atoms with Crippen LogP contribution in [0.5, 0.6) is 11.5 Å². The molecule has 2 heterocycles. The number of Topliss-reactive ketones (excluding diaryl/α,β-unsaturated/α-hetero) is 1. The van der Waals surface area contributed by atoms with E-state index in [1.807, 2.05) is 32.0 Å². The zero-order valence-corrected chi connectivity index (χ0v) is 41.8. The molecule has 1 aliphatic heterocycles. The summed E-state index contributed by atoms with van der Waals surface area (Å²) in [6.07, 6.45) is 10.2. The van der Waals surface area contributed by atoms with Gasteiger partial charge in [-0.1, -0.05) is 79.9 Å². The molecule has 1 saturated heterocycles. The van der Waals surface area contributed by atoms with E-state index in [9.17, 15) is 14.4 Å². The summed E-state index contributed by atoms with van der Waals surface area (Å²) in [5.41, 5.74) is 0.0459. The number of carbonyl (C=O) groups is 3. The summed E-state index contributed by atoms with van der Waals surface area (Å²) in [7, 11) is 3.37. The molecule has 324 valence electrons. The van der Waals surface area contributed by atoms with E-state index in [2.05, 4.69) is 75.8 Å². The third-order valence-electron chi connectivity index (χ3n) is 11.9. The Morgan fingerprint density at radius 1 is 1.10 bits per heavy atom. The highest BCUT2D eigenvalue weighted by Gasteiger charge is 2.60. The topological polar surface area (TPSA) is 113 Å². The van der Waals surface area contributed by atoms with Gasteiger partial charge in [0.25, 0.3) is 0 Å². The first-order valence-corrected chi connectivity index (χ1v) is 24.4. The summed E-state index contributed by atoms with van der Waals surface area (Å²) >= 11 is 19.1. The van der Waals surface area contributed by atoms with Crippen LogP contribution >= 0.6 is 80.1 Å². The van der Waals surface area contributed by atoms with E-state index in [1.54, 1.807) is 33.5 Å². The fourth-order valence-electron chi connectivity index (χ4n) is 8.24. The van der Waals surface area contributed by atoms with Gasteiger partial charge in [0.05, 0.1) is 34.8 Å². The number of ether oxygens (including phenoxy) is 5. The van der Waals surface area contributed by atoms with Gasteiger partial charge in [-0.2, -0.15) is 0 Å². The molecule has 2 aromatic rings. The first-order chi connectivity index (χ1) is 27.4. The third-order valence-corrected chi connectivity index (χ3v) is 17.6. The molecule has 0 spiro atoms. The van der Waals surface area contributed by atoms with Crippen LogP contribution in [0.15, 0.2) is 30.6 Å². The Labute approximate surface area is 386 Å². The molecule has 0 amide bonds. The maximum Gasteiger partial charge on any atom is 0.320 e. The van der Waals surface area contributed by atoms with Gasteiger partial charge in [-0.25, -0.2) is 0 Å². The van der Waals surface area contributed by atoms with E-state index in [1.165, 1.54) is 18.7 Å². The quantitative estimate of drug-likeness (QED) is 0.0638. The van der Waals surface area contributed by atoms with Crippen LogP contribution in [0.2, 0.25) is 10.0 Å². The van der Waals surface area contributed by atoms with Crippen LogP contribution in [-0.4, -0.2) is 79.8 Å². The van der Waals surface area contributed by atoms with E-state index in [0.717, 1.165) is 50.6 Å². The molecule has 58 heavy (non-hydrogen) atoms. The SMILES string of the molecule is CCC[C@](C)(C[C@@H](C)C(I)[C@@H](C)C(=O)O[C@H](I)[C@@]1(C)OC(=O)C(SCCN(Cc2c(Cl)cncc2Cl)c2ccc(OC)c(OC3CCCC3)c2)[C@@H]1[C@@H](C)C(C)=O)OC. The minimum atomic E-state index is -1.25. The lowest BCUT2D eigenvalue weighted by atomic mass is 9.78. The Bertz CT molecular complexity index is 1700. The van der Waals surface area contributed by atoms with E-state index in [4.69, 9.17) is 46.9 Å². The number of carbonyl (C=O) groups excluding carboxylic acids is 3. The van der Waals surface area contributed by atoms with E-state index in [-0.39, 0.29) is 33.3 Å². The zero-order chi connectivity index (χ0) is 42.9. The minimum absolute atomic E-state index is 0.0230. The molecule has 2 aliphatic rings. The largest absolute Gasteiger partial charge is 0.493 e. The van der Waals surface area contributed by atoms with Crippen molar-refractivity contribution in [3.8, 4) is 11.5 Å². The maximum absolute atomic E-state index is 13.9. The Hall–Kier alpha value is -1.27. The summed E-state index contributed by atoms with van der Waals surface area (Å²) in [4.78, 5) is 46.9. The van der Waals surface area contributed by atoms with Crippen molar-refractivity contribution in [1.82, 2.24) is 4.98 Å². The van der Waals surface area contributed by atoms with Crippen molar-refractivity contribution in [3.63, 3.8) is 0 Å². The zero-order valence-electron chi connectivity index (χ0n) is 35.2. The first-order valence-electron chi connectivity index (χ1n) is 20.2. The molecule has 15 heteroatoms. The molecule has 1 saturated carbocycles. The Kier molecular flexibility index (Phi) is 18.9. The summed E-state index contributed by atoms with van der Waals surface area (Å²) in [6, 6.07) is 5.84. The van der Waals surface area contributed by atoms with Crippen molar-refractivity contribution in [2.45, 2.75) is 131 Å². The minimum Gasteiger partial charge on any atom is -0.493 e. The van der Waals surface area contributed by atoms with Gasteiger partial charge in [0.2, 0.25) is 0 Å². The molecule has 1 aromatic heterocycles. The van der Waals surface area contributed by atoms with Gasteiger partial charge >= 0.3 is 11.9 Å². The second kappa shape index (κ2) is 22.2. The highest BCUT2D eigenvalue weighted by molar-refractivity contribution is 14.1. The van der Waals surface area contributed by atoms with Crippen LogP contribution in [0.25, 0.3) is 0 Å². The van der Waals surface area contributed by atoms with Crippen LogP contribution in [0, 0.1) is 23.7 Å². The number of hydrogen-bond donors (Lipinski definition) is 0. The molecule has 0 bridgehead atoms. The number of halogens is 4. The molecule has 2 fully saturated rings. The number of ketones is 1. The van der Waals surface area contributed by atoms with Crippen LogP contribution in [-0.2, 0) is 35.1 Å². The van der Waals surface area contributed by atoms with Gasteiger partial charge in [0, 0.05) is 71.4 Å². The van der Waals surface area contributed by atoms with Crippen molar-refractivity contribution >= 4 is 104 Å². The second-order valence-electron chi connectivity index (χ2n) is 16.3. The van der Waals surface area contributed by atoms with Gasteiger partial charge in [-0.05, 0) is 99.9 Å². The smallest absolute Gasteiger partial charge is 0.320 e. The predicted octanol–water partition coefficient (Wildman–Crippen LogP) is 11.0. The fraction of sp³-hybridized carbons (Fsp3) is 0.674. The predicted molar refractivity (Wildman–Crippen MR) is 250 cm³/mol. The molecule has 1 aromatic carbocycles.